The van der Waals surface area contributed by atoms with Crippen LogP contribution in [0.15, 0.2) is 42.6 Å². The minimum atomic E-state index is 0.162. The monoisotopic (exact) mass is 413 g/mol. The average Bonchev–Trinajstić information content (AvgIpc) is 3.12. The van der Waals surface area contributed by atoms with Gasteiger partial charge in [-0.1, -0.05) is 29.8 Å². The van der Waals surface area contributed by atoms with Gasteiger partial charge < -0.3 is 9.47 Å². The van der Waals surface area contributed by atoms with Gasteiger partial charge in [-0.05, 0) is 47.9 Å². The average molecular weight is 414 g/mol. The smallest absolute Gasteiger partial charge is 0.226 e. The van der Waals surface area contributed by atoms with Crippen LogP contribution in [0, 0.1) is 6.92 Å². The van der Waals surface area contributed by atoms with Gasteiger partial charge in [0.15, 0.2) is 0 Å². The predicted octanol–water partition coefficient (Wildman–Crippen LogP) is 5.06. The number of hydrogen-bond acceptors (Lipinski definition) is 5. The van der Waals surface area contributed by atoms with E-state index in [0.717, 1.165) is 39.4 Å². The molecule has 2 heterocycles. The van der Waals surface area contributed by atoms with Crippen LogP contribution < -0.4 is 9.47 Å². The number of ether oxygens (including phenoxy) is 2. The summed E-state index contributed by atoms with van der Waals surface area (Å²) in [4.78, 5) is 12.9. The Hall–Kier alpha value is -2.63. The van der Waals surface area contributed by atoms with Gasteiger partial charge in [-0.3, -0.25) is 4.98 Å². The van der Waals surface area contributed by atoms with E-state index < -0.39 is 0 Å². The van der Waals surface area contributed by atoms with Crippen LogP contribution in [-0.4, -0.2) is 22.1 Å². The van der Waals surface area contributed by atoms with Gasteiger partial charge in [0, 0.05) is 18.2 Å². The number of nitrogens with zero attached hydrogens (tertiary/aromatic N) is 3. The first-order valence-electron chi connectivity index (χ1n) is 8.71. The highest BCUT2D eigenvalue weighted by atomic mass is 35.5. The number of benzene rings is 1. The number of aryl methyl sites for hydroxylation is 1. The third-order valence-electron chi connectivity index (χ3n) is 4.58. The quantitative estimate of drug-likeness (QED) is 0.546. The standard InChI is InChI=1S/C21H17Cl2N3O2/c1-12-19(22)16(9-10-24-12)15-7-8-17-18(15)20(26-21(23)25-17)28-11-13-3-5-14(27-2)6-4-13/h3-7,9-10H,8,11H2,1-2H3. The van der Waals surface area contributed by atoms with E-state index in [9.17, 15) is 0 Å². The third-order valence-corrected chi connectivity index (χ3v) is 5.23. The molecule has 2 aromatic heterocycles. The highest BCUT2D eigenvalue weighted by Gasteiger charge is 2.26. The highest BCUT2D eigenvalue weighted by Crippen LogP contribution is 2.40. The zero-order valence-electron chi connectivity index (χ0n) is 15.4. The van der Waals surface area contributed by atoms with Crippen molar-refractivity contribution in [2.24, 2.45) is 0 Å². The molecule has 7 heteroatoms. The summed E-state index contributed by atoms with van der Waals surface area (Å²) in [6, 6.07) is 9.56. The fourth-order valence-electron chi connectivity index (χ4n) is 3.15. The summed E-state index contributed by atoms with van der Waals surface area (Å²) in [6.07, 6.45) is 4.45. The maximum Gasteiger partial charge on any atom is 0.226 e. The molecule has 0 radical (unpaired) electrons. The first kappa shape index (κ1) is 18.7. The number of methoxy groups -OCH3 is 1. The van der Waals surface area contributed by atoms with Crippen molar-refractivity contribution in [3.8, 4) is 11.6 Å². The van der Waals surface area contributed by atoms with Crippen molar-refractivity contribution in [1.29, 1.82) is 0 Å². The molecule has 0 atom stereocenters. The van der Waals surface area contributed by atoms with Gasteiger partial charge in [0.05, 0.1) is 29.1 Å². The molecule has 142 valence electrons. The van der Waals surface area contributed by atoms with E-state index >= 15 is 0 Å². The SMILES string of the molecule is COc1ccc(COc2nc(Cl)nc3c2C(c2ccnc(C)c2Cl)=CC3)cc1. The van der Waals surface area contributed by atoms with Crippen LogP contribution in [0.4, 0.5) is 0 Å². The molecule has 0 amide bonds. The van der Waals surface area contributed by atoms with Gasteiger partial charge >= 0.3 is 0 Å². The third kappa shape index (κ3) is 3.55. The van der Waals surface area contributed by atoms with E-state index in [2.05, 4.69) is 21.0 Å². The van der Waals surface area contributed by atoms with Crippen LogP contribution in [-0.2, 0) is 13.0 Å². The Morgan fingerprint density at radius 3 is 2.61 bits per heavy atom. The van der Waals surface area contributed by atoms with E-state index in [1.165, 1.54) is 0 Å². The van der Waals surface area contributed by atoms with Crippen molar-refractivity contribution < 1.29 is 9.47 Å². The Bertz CT molecular complexity index is 1070. The normalized spacial score (nSPS) is 12.5. The second kappa shape index (κ2) is 7.78. The number of fused-ring (bicyclic) bond motifs is 1. The zero-order valence-corrected chi connectivity index (χ0v) is 16.9. The number of rotatable bonds is 5. The molecule has 1 aromatic carbocycles. The lowest BCUT2D eigenvalue weighted by molar-refractivity contribution is 0.292. The molecule has 4 rings (SSSR count). The van der Waals surface area contributed by atoms with Crippen molar-refractivity contribution >= 4 is 28.8 Å². The molecule has 0 N–H and O–H groups in total. The molecule has 1 aliphatic rings. The zero-order chi connectivity index (χ0) is 19.7. The molecule has 0 bridgehead atoms. The Morgan fingerprint density at radius 1 is 1.07 bits per heavy atom. The molecular weight excluding hydrogens is 397 g/mol. The lowest BCUT2D eigenvalue weighted by Crippen LogP contribution is -2.04. The molecule has 28 heavy (non-hydrogen) atoms. The molecule has 0 spiro atoms. The number of hydrogen-bond donors (Lipinski definition) is 0. The lowest BCUT2D eigenvalue weighted by atomic mass is 10.0. The largest absolute Gasteiger partial charge is 0.497 e. The van der Waals surface area contributed by atoms with Gasteiger partial charge in [0.25, 0.3) is 0 Å². The summed E-state index contributed by atoms with van der Waals surface area (Å²) in [6.45, 7) is 2.22. The Balaban J connectivity index is 1.68. The van der Waals surface area contributed by atoms with Crippen LogP contribution in [0.2, 0.25) is 10.3 Å². The molecule has 0 aliphatic heterocycles. The molecule has 0 fully saturated rings. The molecule has 0 saturated carbocycles. The summed E-state index contributed by atoms with van der Waals surface area (Å²) < 4.78 is 11.2. The minimum Gasteiger partial charge on any atom is -0.497 e. The van der Waals surface area contributed by atoms with E-state index in [4.69, 9.17) is 32.7 Å². The van der Waals surface area contributed by atoms with Gasteiger partial charge in [0.1, 0.15) is 12.4 Å². The van der Waals surface area contributed by atoms with Gasteiger partial charge in [-0.15, -0.1) is 0 Å². The summed E-state index contributed by atoms with van der Waals surface area (Å²) in [5, 5.41) is 0.771. The maximum absolute atomic E-state index is 6.50. The van der Waals surface area contributed by atoms with Gasteiger partial charge in [-0.25, -0.2) is 4.98 Å². The first-order valence-corrected chi connectivity index (χ1v) is 9.46. The number of pyridine rings is 1. The van der Waals surface area contributed by atoms with Crippen LogP contribution >= 0.6 is 23.2 Å². The molecular formula is C21H17Cl2N3O2. The van der Waals surface area contributed by atoms with Crippen LogP contribution in [0.1, 0.15) is 28.1 Å². The highest BCUT2D eigenvalue weighted by molar-refractivity contribution is 6.33. The van der Waals surface area contributed by atoms with E-state index in [1.54, 1.807) is 13.3 Å². The van der Waals surface area contributed by atoms with Crippen molar-refractivity contribution in [2.45, 2.75) is 20.0 Å². The number of aromatic nitrogens is 3. The Labute approximate surface area is 173 Å². The van der Waals surface area contributed by atoms with E-state index in [1.807, 2.05) is 37.3 Å². The van der Waals surface area contributed by atoms with Gasteiger partial charge in [0.2, 0.25) is 11.2 Å². The number of allylic oxidation sites excluding steroid dienone is 1. The Morgan fingerprint density at radius 2 is 1.86 bits per heavy atom. The fourth-order valence-corrected chi connectivity index (χ4v) is 3.55. The molecule has 0 unspecified atom stereocenters. The molecule has 1 aliphatic carbocycles. The van der Waals surface area contributed by atoms with Crippen LogP contribution in [0.3, 0.4) is 0 Å². The van der Waals surface area contributed by atoms with Gasteiger partial charge in [-0.2, -0.15) is 4.98 Å². The summed E-state index contributed by atoms with van der Waals surface area (Å²) >= 11 is 12.6. The second-order valence-corrected chi connectivity index (χ2v) is 7.05. The molecule has 5 nitrogen and oxygen atoms in total. The summed E-state index contributed by atoms with van der Waals surface area (Å²) in [5.74, 6) is 1.24. The van der Waals surface area contributed by atoms with Crippen molar-refractivity contribution in [3.63, 3.8) is 0 Å². The predicted molar refractivity (Wildman–Crippen MR) is 109 cm³/mol. The summed E-state index contributed by atoms with van der Waals surface area (Å²) in [5.41, 5.74) is 5.23. The van der Waals surface area contributed by atoms with Crippen molar-refractivity contribution in [2.75, 3.05) is 7.11 Å². The van der Waals surface area contributed by atoms with Crippen molar-refractivity contribution in [1.82, 2.24) is 15.0 Å². The maximum atomic E-state index is 6.50. The minimum absolute atomic E-state index is 0.162. The fraction of sp³-hybridized carbons (Fsp3) is 0.190. The van der Waals surface area contributed by atoms with Crippen LogP contribution in [0.25, 0.3) is 5.57 Å². The van der Waals surface area contributed by atoms with Crippen LogP contribution in [0.5, 0.6) is 11.6 Å². The Kier molecular flexibility index (Phi) is 5.20. The number of halogens is 2. The lowest BCUT2D eigenvalue weighted by Gasteiger charge is -2.14. The molecule has 3 aromatic rings. The second-order valence-electron chi connectivity index (χ2n) is 6.34. The topological polar surface area (TPSA) is 57.1 Å². The van der Waals surface area contributed by atoms with Crippen molar-refractivity contribution in [3.05, 3.63) is 81.0 Å². The molecule has 0 saturated heterocycles. The van der Waals surface area contributed by atoms with E-state index in [-0.39, 0.29) is 5.28 Å². The first-order chi connectivity index (χ1) is 13.6. The van der Waals surface area contributed by atoms with E-state index in [0.29, 0.717) is 23.9 Å². The summed E-state index contributed by atoms with van der Waals surface area (Å²) in [7, 11) is 1.64.